The summed E-state index contributed by atoms with van der Waals surface area (Å²) in [7, 11) is 1.55. The van der Waals surface area contributed by atoms with Crippen molar-refractivity contribution in [2.45, 2.75) is 24.4 Å². The first-order chi connectivity index (χ1) is 12.1. The third-order valence-electron chi connectivity index (χ3n) is 4.38. The summed E-state index contributed by atoms with van der Waals surface area (Å²) in [6.07, 6.45) is 4.53. The third-order valence-corrected chi connectivity index (χ3v) is 4.92. The number of aryl methyl sites for hydroxylation is 1. The van der Waals surface area contributed by atoms with Gasteiger partial charge in [-0.05, 0) is 37.7 Å². The number of benzene rings is 1. The van der Waals surface area contributed by atoms with Crippen LogP contribution in [0.3, 0.4) is 0 Å². The van der Waals surface area contributed by atoms with E-state index in [9.17, 15) is 9.59 Å². The van der Waals surface area contributed by atoms with Crippen LogP contribution in [0.1, 0.15) is 17.7 Å². The molecule has 3 aromatic rings. The number of nitrogens with one attached hydrogen (secondary N) is 1. The van der Waals surface area contributed by atoms with Crippen molar-refractivity contribution in [3.63, 3.8) is 0 Å². The van der Waals surface area contributed by atoms with Crippen LogP contribution in [0.4, 0.5) is 0 Å². The number of ether oxygens (including phenoxy) is 1. The molecule has 0 aliphatic heterocycles. The van der Waals surface area contributed by atoms with Gasteiger partial charge >= 0.3 is 11.1 Å². The van der Waals surface area contributed by atoms with E-state index in [2.05, 4.69) is 15.0 Å². The Morgan fingerprint density at radius 3 is 2.84 bits per heavy atom. The van der Waals surface area contributed by atoms with Gasteiger partial charge < -0.3 is 9.72 Å². The molecule has 0 saturated carbocycles. The Kier molecular flexibility index (Phi) is 3.84. The van der Waals surface area contributed by atoms with Gasteiger partial charge in [0.25, 0.3) is 0 Å². The Balaban J connectivity index is 2.11. The second-order valence-electron chi connectivity index (χ2n) is 5.79. The molecule has 0 radical (unpaired) electrons. The summed E-state index contributed by atoms with van der Waals surface area (Å²) in [6, 6.07) is 5.21. The minimum atomic E-state index is -0.684. The van der Waals surface area contributed by atoms with Crippen molar-refractivity contribution in [2.24, 2.45) is 0 Å². The molecule has 25 heavy (non-hydrogen) atoms. The summed E-state index contributed by atoms with van der Waals surface area (Å²) < 4.78 is 6.61. The summed E-state index contributed by atoms with van der Waals surface area (Å²) in [5.41, 5.74) is 1.70. The molecule has 128 valence electrons. The molecule has 2 aromatic heterocycles. The number of hydrogen-bond donors (Lipinski definition) is 1. The lowest BCUT2D eigenvalue weighted by Gasteiger charge is -2.14. The molecule has 1 N–H and O–H groups in total. The number of thioether (sulfide) groups is 1. The van der Waals surface area contributed by atoms with Crippen LogP contribution in [-0.2, 0) is 12.8 Å². The van der Waals surface area contributed by atoms with Gasteiger partial charge in [0.1, 0.15) is 11.6 Å². The quantitative estimate of drug-likeness (QED) is 0.436. The standard InChI is InChI=1S/C17H16N4O3S/c1-24-9-6-7-13-12(8-9)18-15(22)16(23)21(13)14-10-4-3-5-11(10)19-17(20-14)25-2/h6-8H,3-5H2,1-2H3,(H,18,22). The maximum Gasteiger partial charge on any atom is 0.322 e. The van der Waals surface area contributed by atoms with E-state index in [-0.39, 0.29) is 0 Å². The van der Waals surface area contributed by atoms with Crippen LogP contribution in [-0.4, -0.2) is 32.9 Å². The highest BCUT2D eigenvalue weighted by atomic mass is 32.2. The van der Waals surface area contributed by atoms with Gasteiger partial charge in [-0.1, -0.05) is 11.8 Å². The van der Waals surface area contributed by atoms with E-state index in [0.29, 0.717) is 27.8 Å². The van der Waals surface area contributed by atoms with Gasteiger partial charge in [-0.2, -0.15) is 0 Å². The van der Waals surface area contributed by atoms with Crippen LogP contribution in [0.5, 0.6) is 5.75 Å². The fourth-order valence-corrected chi connectivity index (χ4v) is 3.58. The first kappa shape index (κ1) is 15.9. The number of nitrogens with zero attached hydrogens (tertiary/aromatic N) is 3. The SMILES string of the molecule is COc1ccc2c(c1)[nH]c(=O)c(=O)n2-c1nc(SC)nc2c1CCC2. The number of hydrogen-bond acceptors (Lipinski definition) is 6. The normalized spacial score (nSPS) is 13.2. The molecule has 2 heterocycles. The number of fused-ring (bicyclic) bond motifs is 2. The lowest BCUT2D eigenvalue weighted by Crippen LogP contribution is -2.36. The molecule has 0 unspecified atom stereocenters. The molecule has 0 amide bonds. The minimum Gasteiger partial charge on any atom is -0.497 e. The van der Waals surface area contributed by atoms with Gasteiger partial charge in [0.2, 0.25) is 0 Å². The molecule has 7 nitrogen and oxygen atoms in total. The van der Waals surface area contributed by atoms with Crippen molar-refractivity contribution < 1.29 is 4.74 Å². The van der Waals surface area contributed by atoms with E-state index in [1.165, 1.54) is 16.3 Å². The van der Waals surface area contributed by atoms with Gasteiger partial charge in [-0.25, -0.2) is 9.97 Å². The van der Waals surface area contributed by atoms with Crippen molar-refractivity contribution in [1.82, 2.24) is 19.5 Å². The average Bonchev–Trinajstić information content (AvgIpc) is 3.10. The second-order valence-corrected chi connectivity index (χ2v) is 6.56. The Bertz CT molecular complexity index is 1100. The molecule has 8 heteroatoms. The van der Waals surface area contributed by atoms with E-state index < -0.39 is 11.1 Å². The number of H-pyrrole nitrogens is 1. The highest BCUT2D eigenvalue weighted by Crippen LogP contribution is 2.28. The van der Waals surface area contributed by atoms with E-state index in [1.54, 1.807) is 25.3 Å². The zero-order valence-electron chi connectivity index (χ0n) is 13.8. The largest absolute Gasteiger partial charge is 0.497 e. The van der Waals surface area contributed by atoms with E-state index >= 15 is 0 Å². The second kappa shape index (κ2) is 6.03. The predicted octanol–water partition coefficient (Wildman–Crippen LogP) is 1.69. The number of rotatable bonds is 3. The monoisotopic (exact) mass is 356 g/mol. The molecule has 0 bridgehead atoms. The predicted molar refractivity (Wildman–Crippen MR) is 96.1 cm³/mol. The molecule has 0 spiro atoms. The van der Waals surface area contributed by atoms with Crippen LogP contribution >= 0.6 is 11.8 Å². The van der Waals surface area contributed by atoms with Crippen molar-refractivity contribution in [2.75, 3.05) is 13.4 Å². The molecular weight excluding hydrogens is 340 g/mol. The van der Waals surface area contributed by atoms with Crippen molar-refractivity contribution >= 4 is 22.8 Å². The van der Waals surface area contributed by atoms with Gasteiger partial charge in [0.05, 0.1) is 23.8 Å². The highest BCUT2D eigenvalue weighted by Gasteiger charge is 2.23. The summed E-state index contributed by atoms with van der Waals surface area (Å²) >= 11 is 1.42. The maximum atomic E-state index is 12.7. The Hall–Kier alpha value is -2.61. The first-order valence-electron chi connectivity index (χ1n) is 7.89. The molecule has 1 aromatic carbocycles. The lowest BCUT2D eigenvalue weighted by atomic mass is 10.2. The molecule has 4 rings (SSSR count). The molecule has 1 aliphatic rings. The molecule has 0 saturated heterocycles. The van der Waals surface area contributed by atoms with E-state index in [4.69, 9.17) is 4.74 Å². The molecule has 0 fully saturated rings. The molecule has 0 atom stereocenters. The Morgan fingerprint density at radius 2 is 2.08 bits per heavy atom. The molecule has 1 aliphatic carbocycles. The van der Waals surface area contributed by atoms with Crippen molar-refractivity contribution in [3.8, 4) is 11.6 Å². The third kappa shape index (κ3) is 2.53. The fourth-order valence-electron chi connectivity index (χ4n) is 3.20. The van der Waals surface area contributed by atoms with E-state index in [1.807, 2.05) is 6.26 Å². The summed E-state index contributed by atoms with van der Waals surface area (Å²) in [5.74, 6) is 1.11. The number of aromatic amines is 1. The average molecular weight is 356 g/mol. The minimum absolute atomic E-state index is 0.512. The molecular formula is C17H16N4O3S. The first-order valence-corrected chi connectivity index (χ1v) is 9.12. The Labute approximate surface area is 147 Å². The fraction of sp³-hybridized carbons (Fsp3) is 0.294. The number of methoxy groups -OCH3 is 1. The van der Waals surface area contributed by atoms with Gasteiger partial charge in [-0.15, -0.1) is 0 Å². The highest BCUT2D eigenvalue weighted by molar-refractivity contribution is 7.98. The van der Waals surface area contributed by atoms with Gasteiger partial charge in [0, 0.05) is 11.6 Å². The van der Waals surface area contributed by atoms with Crippen LogP contribution in [0, 0.1) is 0 Å². The summed E-state index contributed by atoms with van der Waals surface area (Å²) in [4.78, 5) is 36.6. The lowest BCUT2D eigenvalue weighted by molar-refractivity contribution is 0.415. The van der Waals surface area contributed by atoms with Crippen LogP contribution < -0.4 is 15.9 Å². The smallest absolute Gasteiger partial charge is 0.322 e. The zero-order valence-corrected chi connectivity index (χ0v) is 14.6. The maximum absolute atomic E-state index is 12.7. The van der Waals surface area contributed by atoms with Crippen molar-refractivity contribution in [3.05, 3.63) is 50.2 Å². The van der Waals surface area contributed by atoms with Gasteiger partial charge in [-0.3, -0.25) is 14.2 Å². The van der Waals surface area contributed by atoms with Crippen LogP contribution in [0.2, 0.25) is 0 Å². The summed E-state index contributed by atoms with van der Waals surface area (Å²) in [5, 5.41) is 0.601. The Morgan fingerprint density at radius 1 is 1.24 bits per heavy atom. The number of aromatic nitrogens is 4. The van der Waals surface area contributed by atoms with Gasteiger partial charge in [0.15, 0.2) is 5.16 Å². The van der Waals surface area contributed by atoms with Crippen LogP contribution in [0.25, 0.3) is 16.9 Å². The topological polar surface area (TPSA) is 89.9 Å². The van der Waals surface area contributed by atoms with E-state index in [0.717, 1.165) is 30.5 Å². The van der Waals surface area contributed by atoms with Crippen LogP contribution in [0.15, 0.2) is 32.9 Å². The summed E-state index contributed by atoms with van der Waals surface area (Å²) in [6.45, 7) is 0. The van der Waals surface area contributed by atoms with Crippen molar-refractivity contribution in [1.29, 1.82) is 0 Å². The zero-order chi connectivity index (χ0) is 17.6.